The molecule has 0 spiro atoms. The molecular weight excluding hydrogens is 468 g/mol. The molecule has 196 valence electrons. The predicted octanol–water partition coefficient (Wildman–Crippen LogP) is -0.480. The van der Waals surface area contributed by atoms with E-state index in [0.29, 0.717) is 6.42 Å². The maximum atomic E-state index is 13.3. The highest BCUT2D eigenvalue weighted by Crippen LogP contribution is 2.19. The molecule has 1 aromatic heterocycles. The molecule has 36 heavy (non-hydrogen) atoms. The van der Waals surface area contributed by atoms with Crippen LogP contribution in [0.4, 0.5) is 0 Å². The standard InChI is InChI=1S/C24H34N6O6/c1-13(2)9-16(25)22(34)30-19(10-14-11-27-17-6-4-3-5-15(14)17)24(36)29-18(7-8-20(26)31)23(35)28-12-21(32)33/h3-6,11,13,16,18-19,27H,7-10,12,25H2,1-2H3,(H2,26,31)(H,28,35)(H,29,36)(H,30,34)(H,32,33). The van der Waals surface area contributed by atoms with Gasteiger partial charge in [0, 0.05) is 29.9 Å². The number of nitrogens with one attached hydrogen (secondary N) is 4. The second kappa shape index (κ2) is 13.2. The minimum Gasteiger partial charge on any atom is -0.480 e. The lowest BCUT2D eigenvalue weighted by atomic mass is 10.0. The van der Waals surface area contributed by atoms with Gasteiger partial charge in [-0.25, -0.2) is 0 Å². The summed E-state index contributed by atoms with van der Waals surface area (Å²) in [6, 6.07) is 4.27. The van der Waals surface area contributed by atoms with E-state index in [-0.39, 0.29) is 25.2 Å². The summed E-state index contributed by atoms with van der Waals surface area (Å²) in [4.78, 5) is 63.8. The third-order valence-electron chi connectivity index (χ3n) is 5.52. The van der Waals surface area contributed by atoms with E-state index in [1.54, 1.807) is 6.20 Å². The van der Waals surface area contributed by atoms with E-state index in [1.807, 2.05) is 38.1 Å². The first-order valence-electron chi connectivity index (χ1n) is 11.7. The largest absolute Gasteiger partial charge is 0.480 e. The number of hydrogen-bond acceptors (Lipinski definition) is 6. The van der Waals surface area contributed by atoms with Gasteiger partial charge < -0.3 is 37.5 Å². The number of carboxylic acid groups (broad SMARTS) is 1. The van der Waals surface area contributed by atoms with Crippen LogP contribution >= 0.6 is 0 Å². The molecule has 9 N–H and O–H groups in total. The molecule has 3 atom stereocenters. The number of aromatic nitrogens is 1. The number of hydrogen-bond donors (Lipinski definition) is 7. The van der Waals surface area contributed by atoms with Gasteiger partial charge >= 0.3 is 5.97 Å². The number of aliphatic carboxylic acids is 1. The molecule has 0 fully saturated rings. The summed E-state index contributed by atoms with van der Waals surface area (Å²) in [5.41, 5.74) is 12.8. The van der Waals surface area contributed by atoms with Gasteiger partial charge in [0.25, 0.3) is 0 Å². The summed E-state index contributed by atoms with van der Waals surface area (Å²) in [6.45, 7) is 3.17. The highest BCUT2D eigenvalue weighted by molar-refractivity contribution is 5.94. The minimum atomic E-state index is -1.27. The molecule has 0 saturated carbocycles. The summed E-state index contributed by atoms with van der Waals surface area (Å²) < 4.78 is 0. The van der Waals surface area contributed by atoms with Crippen molar-refractivity contribution in [2.75, 3.05) is 6.54 Å². The van der Waals surface area contributed by atoms with Crippen LogP contribution in [0.1, 0.15) is 38.7 Å². The van der Waals surface area contributed by atoms with Crippen LogP contribution in [0.25, 0.3) is 10.9 Å². The molecule has 1 aromatic carbocycles. The zero-order valence-electron chi connectivity index (χ0n) is 20.4. The number of rotatable bonds is 14. The molecule has 2 rings (SSSR count). The highest BCUT2D eigenvalue weighted by Gasteiger charge is 2.29. The van der Waals surface area contributed by atoms with Gasteiger partial charge in [-0.3, -0.25) is 24.0 Å². The molecule has 0 bridgehead atoms. The number of amides is 4. The number of nitrogens with two attached hydrogens (primary N) is 2. The van der Waals surface area contributed by atoms with E-state index in [4.69, 9.17) is 16.6 Å². The van der Waals surface area contributed by atoms with Crippen molar-refractivity contribution < 1.29 is 29.1 Å². The zero-order chi connectivity index (χ0) is 26.8. The van der Waals surface area contributed by atoms with E-state index in [9.17, 15) is 24.0 Å². The van der Waals surface area contributed by atoms with Crippen molar-refractivity contribution in [1.29, 1.82) is 0 Å². The van der Waals surface area contributed by atoms with Crippen LogP contribution in [0, 0.1) is 5.92 Å². The van der Waals surface area contributed by atoms with Crippen LogP contribution in [-0.4, -0.2) is 64.4 Å². The minimum absolute atomic E-state index is 0.0925. The summed E-state index contributed by atoms with van der Waals surface area (Å²) in [6.07, 6.45) is 1.87. The Morgan fingerprint density at radius 3 is 2.31 bits per heavy atom. The third kappa shape index (κ3) is 8.69. The SMILES string of the molecule is CC(C)CC(N)C(=O)NC(Cc1c[nH]c2ccccc12)C(=O)NC(CCC(N)=O)C(=O)NCC(=O)O. The van der Waals surface area contributed by atoms with E-state index < -0.39 is 54.3 Å². The molecule has 0 aliphatic rings. The number of primary amides is 1. The first-order valence-corrected chi connectivity index (χ1v) is 11.7. The Labute approximate surface area is 208 Å². The number of carbonyl (C=O) groups excluding carboxylic acids is 4. The lowest BCUT2D eigenvalue weighted by Crippen LogP contribution is -2.56. The number of para-hydroxylation sites is 1. The van der Waals surface area contributed by atoms with Gasteiger partial charge in [0.1, 0.15) is 18.6 Å². The molecule has 0 radical (unpaired) electrons. The fourth-order valence-electron chi connectivity index (χ4n) is 3.74. The Kier molecular flexibility index (Phi) is 10.4. The lowest BCUT2D eigenvalue weighted by molar-refractivity contribution is -0.138. The molecule has 0 saturated heterocycles. The van der Waals surface area contributed by atoms with E-state index in [2.05, 4.69) is 20.9 Å². The van der Waals surface area contributed by atoms with Crippen molar-refractivity contribution in [3.8, 4) is 0 Å². The summed E-state index contributed by atoms with van der Waals surface area (Å²) in [7, 11) is 0. The number of carbonyl (C=O) groups is 5. The molecule has 3 unspecified atom stereocenters. The Bertz CT molecular complexity index is 1100. The summed E-state index contributed by atoms with van der Waals surface area (Å²) in [5, 5.41) is 17.1. The van der Waals surface area contributed by atoms with Crippen molar-refractivity contribution >= 4 is 40.5 Å². The van der Waals surface area contributed by atoms with Crippen LogP contribution in [0.3, 0.4) is 0 Å². The maximum absolute atomic E-state index is 13.3. The second-order valence-corrected chi connectivity index (χ2v) is 9.04. The fraction of sp³-hybridized carbons (Fsp3) is 0.458. The number of carboxylic acids is 1. The quantitative estimate of drug-likeness (QED) is 0.180. The second-order valence-electron chi connectivity index (χ2n) is 9.04. The van der Waals surface area contributed by atoms with Crippen LogP contribution in [0.15, 0.2) is 30.5 Å². The van der Waals surface area contributed by atoms with E-state index in [0.717, 1.165) is 16.5 Å². The van der Waals surface area contributed by atoms with Crippen molar-refractivity contribution in [2.45, 2.75) is 57.7 Å². The van der Waals surface area contributed by atoms with E-state index in [1.165, 1.54) is 0 Å². The Morgan fingerprint density at radius 1 is 1.00 bits per heavy atom. The molecule has 12 nitrogen and oxygen atoms in total. The van der Waals surface area contributed by atoms with Crippen molar-refractivity contribution in [2.24, 2.45) is 17.4 Å². The normalized spacial score (nSPS) is 13.6. The molecule has 4 amide bonds. The van der Waals surface area contributed by atoms with Crippen molar-refractivity contribution in [3.05, 3.63) is 36.0 Å². The van der Waals surface area contributed by atoms with Crippen LogP contribution < -0.4 is 27.4 Å². The molecule has 0 aliphatic carbocycles. The van der Waals surface area contributed by atoms with Crippen molar-refractivity contribution in [3.63, 3.8) is 0 Å². The molecule has 12 heteroatoms. The zero-order valence-corrected chi connectivity index (χ0v) is 20.4. The number of aromatic amines is 1. The smallest absolute Gasteiger partial charge is 0.322 e. The molecule has 0 aliphatic heterocycles. The van der Waals surface area contributed by atoms with Crippen LogP contribution in [0.5, 0.6) is 0 Å². The highest BCUT2D eigenvalue weighted by atomic mass is 16.4. The number of H-pyrrole nitrogens is 1. The Balaban J connectivity index is 2.27. The Hall–Kier alpha value is -3.93. The van der Waals surface area contributed by atoms with Gasteiger partial charge in [-0.05, 0) is 30.4 Å². The van der Waals surface area contributed by atoms with Gasteiger partial charge in [-0.15, -0.1) is 0 Å². The van der Waals surface area contributed by atoms with Gasteiger partial charge in [-0.1, -0.05) is 32.0 Å². The maximum Gasteiger partial charge on any atom is 0.322 e. The van der Waals surface area contributed by atoms with Crippen LogP contribution in [-0.2, 0) is 30.4 Å². The summed E-state index contributed by atoms with van der Waals surface area (Å²) in [5.74, 6) is -3.81. The third-order valence-corrected chi connectivity index (χ3v) is 5.52. The summed E-state index contributed by atoms with van der Waals surface area (Å²) >= 11 is 0. The number of fused-ring (bicyclic) bond motifs is 1. The van der Waals surface area contributed by atoms with Crippen LogP contribution in [0.2, 0.25) is 0 Å². The topological polar surface area (TPSA) is 209 Å². The van der Waals surface area contributed by atoms with Gasteiger partial charge in [0.05, 0.1) is 6.04 Å². The average Bonchev–Trinajstić information content (AvgIpc) is 3.21. The van der Waals surface area contributed by atoms with Gasteiger partial charge in [0.15, 0.2) is 0 Å². The molecular formula is C24H34N6O6. The first-order chi connectivity index (χ1) is 17.0. The van der Waals surface area contributed by atoms with Gasteiger partial charge in [-0.2, -0.15) is 0 Å². The predicted molar refractivity (Wildman–Crippen MR) is 132 cm³/mol. The lowest BCUT2D eigenvalue weighted by Gasteiger charge is -2.24. The number of benzene rings is 1. The fourth-order valence-corrected chi connectivity index (χ4v) is 3.74. The average molecular weight is 503 g/mol. The Morgan fingerprint density at radius 2 is 1.67 bits per heavy atom. The van der Waals surface area contributed by atoms with E-state index >= 15 is 0 Å². The molecule has 1 heterocycles. The first kappa shape index (κ1) is 28.3. The van der Waals surface area contributed by atoms with Gasteiger partial charge in [0.2, 0.25) is 23.6 Å². The molecule has 2 aromatic rings. The van der Waals surface area contributed by atoms with Crippen molar-refractivity contribution in [1.82, 2.24) is 20.9 Å². The monoisotopic (exact) mass is 502 g/mol.